The van der Waals surface area contributed by atoms with Crippen molar-refractivity contribution in [2.45, 2.75) is 32.2 Å². The Morgan fingerprint density at radius 1 is 1.61 bits per heavy atom. The maximum absolute atomic E-state index is 12.1. The lowest BCUT2D eigenvalue weighted by Crippen LogP contribution is -2.35. The number of carbonyl (C=O) groups is 1. The highest BCUT2D eigenvalue weighted by atomic mass is 32.1. The van der Waals surface area contributed by atoms with Gasteiger partial charge in [-0.1, -0.05) is 23.5 Å². The molecule has 0 saturated heterocycles. The Hall–Kier alpha value is -1.56. The van der Waals surface area contributed by atoms with Crippen molar-refractivity contribution in [3.63, 3.8) is 0 Å². The summed E-state index contributed by atoms with van der Waals surface area (Å²) in [6, 6.07) is 0.214. The van der Waals surface area contributed by atoms with E-state index in [1.807, 2.05) is 6.92 Å². The van der Waals surface area contributed by atoms with E-state index >= 15 is 0 Å². The van der Waals surface area contributed by atoms with Gasteiger partial charge in [0.05, 0.1) is 0 Å². The molecule has 1 amide bonds. The van der Waals surface area contributed by atoms with Crippen molar-refractivity contribution in [1.82, 2.24) is 10.3 Å². The van der Waals surface area contributed by atoms with E-state index in [0.717, 1.165) is 25.8 Å². The zero-order chi connectivity index (χ0) is 13.0. The van der Waals surface area contributed by atoms with Crippen LogP contribution in [0.5, 0.6) is 0 Å². The van der Waals surface area contributed by atoms with Crippen LogP contribution in [0.4, 0.5) is 10.9 Å². The molecule has 1 unspecified atom stereocenters. The van der Waals surface area contributed by atoms with Crippen LogP contribution in [0.1, 0.15) is 35.9 Å². The number of nitrogen functional groups attached to an aromatic ring is 1. The molecule has 1 aliphatic carbocycles. The highest BCUT2D eigenvalue weighted by Gasteiger charge is 2.19. The molecule has 0 spiro atoms. The van der Waals surface area contributed by atoms with E-state index in [2.05, 4.69) is 27.8 Å². The van der Waals surface area contributed by atoms with Gasteiger partial charge in [-0.2, -0.15) is 0 Å². The lowest BCUT2D eigenvalue weighted by molar-refractivity contribution is 0.0939. The molecule has 18 heavy (non-hydrogen) atoms. The molecule has 0 saturated carbocycles. The van der Waals surface area contributed by atoms with Crippen LogP contribution in [-0.2, 0) is 0 Å². The van der Waals surface area contributed by atoms with E-state index in [1.165, 1.54) is 11.3 Å². The molecule has 0 fully saturated rings. The molecule has 2 rings (SSSR count). The van der Waals surface area contributed by atoms with Crippen LogP contribution in [0.3, 0.4) is 0 Å². The monoisotopic (exact) mass is 266 g/mol. The standard InChI is InChI=1S/C12H18N4OS/c1-2-14-12-16-10(13)9(18-12)11(17)15-8-6-4-3-5-7-8/h3-4,8H,2,5-7,13H2,1H3,(H,14,16)(H,15,17). The van der Waals surface area contributed by atoms with Gasteiger partial charge in [-0.05, 0) is 26.2 Å². The minimum atomic E-state index is -0.116. The highest BCUT2D eigenvalue weighted by molar-refractivity contribution is 7.18. The summed E-state index contributed by atoms with van der Waals surface area (Å²) in [6.45, 7) is 2.74. The molecule has 5 nitrogen and oxygen atoms in total. The molecule has 6 heteroatoms. The van der Waals surface area contributed by atoms with Crippen molar-refractivity contribution in [2.75, 3.05) is 17.6 Å². The zero-order valence-corrected chi connectivity index (χ0v) is 11.2. The topological polar surface area (TPSA) is 80.0 Å². The third-order valence-electron chi connectivity index (χ3n) is 2.79. The molecule has 4 N–H and O–H groups in total. The Kier molecular flexibility index (Phi) is 4.19. The third kappa shape index (κ3) is 3.01. The largest absolute Gasteiger partial charge is 0.382 e. The van der Waals surface area contributed by atoms with Crippen molar-refractivity contribution in [3.8, 4) is 0 Å². The number of thiazole rings is 1. The van der Waals surface area contributed by atoms with Gasteiger partial charge in [0.15, 0.2) is 5.13 Å². The normalized spacial score (nSPS) is 18.6. The quantitative estimate of drug-likeness (QED) is 0.728. The van der Waals surface area contributed by atoms with E-state index in [4.69, 9.17) is 5.73 Å². The van der Waals surface area contributed by atoms with E-state index in [-0.39, 0.29) is 11.9 Å². The first-order valence-electron chi connectivity index (χ1n) is 6.16. The Morgan fingerprint density at radius 2 is 2.44 bits per heavy atom. The van der Waals surface area contributed by atoms with Gasteiger partial charge in [0.2, 0.25) is 0 Å². The SMILES string of the molecule is CCNc1nc(N)c(C(=O)NC2CC=CCC2)s1. The summed E-state index contributed by atoms with van der Waals surface area (Å²) in [7, 11) is 0. The van der Waals surface area contributed by atoms with Crippen molar-refractivity contribution in [1.29, 1.82) is 0 Å². The van der Waals surface area contributed by atoms with Gasteiger partial charge in [-0.15, -0.1) is 0 Å². The first-order chi connectivity index (χ1) is 8.70. The summed E-state index contributed by atoms with van der Waals surface area (Å²) in [5.74, 6) is 0.189. The fourth-order valence-corrected chi connectivity index (χ4v) is 2.75. The molecule has 98 valence electrons. The summed E-state index contributed by atoms with van der Waals surface area (Å²) < 4.78 is 0. The van der Waals surface area contributed by atoms with Crippen LogP contribution < -0.4 is 16.4 Å². The Balaban J connectivity index is 2.01. The van der Waals surface area contributed by atoms with E-state index in [9.17, 15) is 4.79 Å². The number of allylic oxidation sites excluding steroid dienone is 1. The second kappa shape index (κ2) is 5.86. The van der Waals surface area contributed by atoms with E-state index < -0.39 is 0 Å². The summed E-state index contributed by atoms with van der Waals surface area (Å²) in [5, 5.41) is 6.77. The number of amides is 1. The Morgan fingerprint density at radius 3 is 3.11 bits per heavy atom. The van der Waals surface area contributed by atoms with Gasteiger partial charge in [0, 0.05) is 12.6 Å². The molecule has 0 aromatic carbocycles. The van der Waals surface area contributed by atoms with E-state index in [0.29, 0.717) is 15.8 Å². The minimum absolute atomic E-state index is 0.116. The molecule has 1 aliphatic rings. The van der Waals surface area contributed by atoms with Gasteiger partial charge in [-0.25, -0.2) is 4.98 Å². The van der Waals surface area contributed by atoms with Gasteiger partial charge >= 0.3 is 0 Å². The lowest BCUT2D eigenvalue weighted by atomic mass is 10.0. The predicted octanol–water partition coefficient (Wildman–Crippen LogP) is 2.00. The second-order valence-electron chi connectivity index (χ2n) is 4.22. The van der Waals surface area contributed by atoms with Crippen LogP contribution in [0, 0.1) is 0 Å². The van der Waals surface area contributed by atoms with Gasteiger partial charge in [0.25, 0.3) is 5.91 Å². The minimum Gasteiger partial charge on any atom is -0.382 e. The number of rotatable bonds is 4. The first kappa shape index (κ1) is 12.9. The molecule has 0 radical (unpaired) electrons. The fourth-order valence-electron chi connectivity index (χ4n) is 1.90. The summed E-state index contributed by atoms with van der Waals surface area (Å²) in [4.78, 5) is 16.7. The van der Waals surface area contributed by atoms with Crippen LogP contribution in [0.15, 0.2) is 12.2 Å². The van der Waals surface area contributed by atoms with Crippen LogP contribution in [0.2, 0.25) is 0 Å². The zero-order valence-electron chi connectivity index (χ0n) is 10.4. The van der Waals surface area contributed by atoms with Gasteiger partial charge in [0.1, 0.15) is 10.7 Å². The maximum Gasteiger partial charge on any atom is 0.265 e. The van der Waals surface area contributed by atoms with Crippen molar-refractivity contribution in [3.05, 3.63) is 17.0 Å². The van der Waals surface area contributed by atoms with Gasteiger partial charge in [-0.3, -0.25) is 4.79 Å². The number of nitrogens with zero attached hydrogens (tertiary/aromatic N) is 1. The van der Waals surface area contributed by atoms with Gasteiger partial charge < -0.3 is 16.4 Å². The third-order valence-corrected chi connectivity index (χ3v) is 3.82. The molecule has 0 aliphatic heterocycles. The molecule has 1 atom stereocenters. The van der Waals surface area contributed by atoms with Crippen LogP contribution in [-0.4, -0.2) is 23.5 Å². The molecule has 0 bridgehead atoms. The molecule has 1 aromatic heterocycles. The summed E-state index contributed by atoms with van der Waals surface area (Å²) in [6.07, 6.45) is 7.15. The molecular weight excluding hydrogens is 248 g/mol. The van der Waals surface area contributed by atoms with Crippen LogP contribution >= 0.6 is 11.3 Å². The molecule has 1 aromatic rings. The maximum atomic E-state index is 12.1. The first-order valence-corrected chi connectivity index (χ1v) is 6.98. The summed E-state index contributed by atoms with van der Waals surface area (Å²) >= 11 is 1.30. The van der Waals surface area contributed by atoms with E-state index in [1.54, 1.807) is 0 Å². The van der Waals surface area contributed by atoms with Crippen LogP contribution in [0.25, 0.3) is 0 Å². The second-order valence-corrected chi connectivity index (χ2v) is 5.22. The molecular formula is C12H18N4OS. The summed E-state index contributed by atoms with van der Waals surface area (Å²) in [5.41, 5.74) is 5.76. The number of carbonyl (C=O) groups excluding carboxylic acids is 1. The fraction of sp³-hybridized carbons (Fsp3) is 0.500. The smallest absolute Gasteiger partial charge is 0.265 e. The number of hydrogen-bond donors (Lipinski definition) is 3. The number of aromatic nitrogens is 1. The van der Waals surface area contributed by atoms with Crippen molar-refractivity contribution < 1.29 is 4.79 Å². The predicted molar refractivity (Wildman–Crippen MR) is 74.9 cm³/mol. The highest BCUT2D eigenvalue weighted by Crippen LogP contribution is 2.25. The Bertz CT molecular complexity index is 455. The average Bonchev–Trinajstić information content (AvgIpc) is 2.72. The van der Waals surface area contributed by atoms with Crippen molar-refractivity contribution >= 4 is 28.2 Å². The Labute approximate surface area is 110 Å². The number of nitrogens with two attached hydrogens (primary N) is 1. The van der Waals surface area contributed by atoms with Crippen molar-refractivity contribution in [2.24, 2.45) is 0 Å². The molecule has 1 heterocycles. The number of hydrogen-bond acceptors (Lipinski definition) is 5. The average molecular weight is 266 g/mol. The lowest BCUT2D eigenvalue weighted by Gasteiger charge is -2.18. The number of anilines is 2. The number of nitrogens with one attached hydrogen (secondary N) is 2.